The molecule has 0 bridgehead atoms. The minimum absolute atomic E-state index is 0.0709. The standard InChI is InChI=1S/C19H15F3N2O6/c1-11(25)23-16(18(26)27)8-12-3-2-4-15(7-12)30-10-13-5-6-14(19(20,21)22)9-17(13)24(28)29/h2-9H,10H2,1H3,(H,23,25)(H,26,27). The molecule has 0 aliphatic heterocycles. The number of nitrogens with zero attached hydrogens (tertiary/aromatic N) is 1. The van der Waals surface area contributed by atoms with Crippen LogP contribution in [0.3, 0.4) is 0 Å². The number of nitro benzene ring substituents is 1. The number of nitro groups is 1. The summed E-state index contributed by atoms with van der Waals surface area (Å²) >= 11 is 0. The van der Waals surface area contributed by atoms with Crippen molar-refractivity contribution in [1.29, 1.82) is 0 Å². The molecule has 0 radical (unpaired) electrons. The number of rotatable bonds is 7. The number of ether oxygens (including phenoxy) is 1. The van der Waals surface area contributed by atoms with Crippen LogP contribution in [0, 0.1) is 10.1 Å². The zero-order chi connectivity index (χ0) is 22.5. The van der Waals surface area contributed by atoms with Gasteiger partial charge >= 0.3 is 12.1 Å². The van der Waals surface area contributed by atoms with Gasteiger partial charge in [-0.05, 0) is 35.9 Å². The third-order valence-corrected chi connectivity index (χ3v) is 3.71. The fraction of sp³-hybridized carbons (Fsp3) is 0.158. The molecule has 8 nitrogen and oxygen atoms in total. The van der Waals surface area contributed by atoms with Gasteiger partial charge in [0.05, 0.1) is 16.1 Å². The Morgan fingerprint density at radius 3 is 2.50 bits per heavy atom. The van der Waals surface area contributed by atoms with Gasteiger partial charge in [0.2, 0.25) is 5.91 Å². The van der Waals surface area contributed by atoms with Gasteiger partial charge in [0.1, 0.15) is 18.1 Å². The summed E-state index contributed by atoms with van der Waals surface area (Å²) in [4.78, 5) is 32.5. The van der Waals surface area contributed by atoms with Crippen molar-refractivity contribution in [2.24, 2.45) is 0 Å². The Morgan fingerprint density at radius 1 is 1.23 bits per heavy atom. The quantitative estimate of drug-likeness (QED) is 0.397. The van der Waals surface area contributed by atoms with Crippen molar-refractivity contribution >= 4 is 23.6 Å². The maximum Gasteiger partial charge on any atom is 0.416 e. The van der Waals surface area contributed by atoms with Gasteiger partial charge in [-0.3, -0.25) is 14.9 Å². The van der Waals surface area contributed by atoms with Crippen molar-refractivity contribution in [3.63, 3.8) is 0 Å². The molecule has 158 valence electrons. The van der Waals surface area contributed by atoms with Gasteiger partial charge in [0.25, 0.3) is 5.69 Å². The predicted octanol–water partition coefficient (Wildman–Crippen LogP) is 3.75. The van der Waals surface area contributed by atoms with Crippen molar-refractivity contribution in [3.8, 4) is 5.75 Å². The van der Waals surface area contributed by atoms with Crippen LogP contribution in [-0.2, 0) is 22.4 Å². The van der Waals surface area contributed by atoms with Crippen LogP contribution >= 0.6 is 0 Å². The van der Waals surface area contributed by atoms with Crippen molar-refractivity contribution in [1.82, 2.24) is 5.32 Å². The van der Waals surface area contributed by atoms with Crippen LogP contribution < -0.4 is 10.1 Å². The molecule has 0 aromatic heterocycles. The monoisotopic (exact) mass is 424 g/mol. The van der Waals surface area contributed by atoms with E-state index in [9.17, 15) is 32.9 Å². The van der Waals surface area contributed by atoms with Gasteiger partial charge < -0.3 is 15.2 Å². The minimum atomic E-state index is -4.72. The van der Waals surface area contributed by atoms with Gasteiger partial charge in [-0.1, -0.05) is 12.1 Å². The first kappa shape index (κ1) is 22.4. The molecule has 2 rings (SSSR count). The highest BCUT2D eigenvalue weighted by Crippen LogP contribution is 2.33. The van der Waals surface area contributed by atoms with Gasteiger partial charge in [0, 0.05) is 13.0 Å². The number of carbonyl (C=O) groups is 2. The van der Waals surface area contributed by atoms with E-state index < -0.39 is 34.2 Å². The Bertz CT molecular complexity index is 1020. The molecule has 1 amide bonds. The smallest absolute Gasteiger partial charge is 0.416 e. The summed E-state index contributed by atoms with van der Waals surface area (Å²) in [5, 5.41) is 22.4. The molecule has 0 atom stereocenters. The first-order valence-corrected chi connectivity index (χ1v) is 8.27. The van der Waals surface area contributed by atoms with Crippen LogP contribution in [0.1, 0.15) is 23.6 Å². The fourth-order valence-electron chi connectivity index (χ4n) is 2.39. The topological polar surface area (TPSA) is 119 Å². The Morgan fingerprint density at radius 2 is 1.93 bits per heavy atom. The largest absolute Gasteiger partial charge is 0.489 e. The molecular weight excluding hydrogens is 409 g/mol. The molecule has 0 fully saturated rings. The number of carboxylic acid groups (broad SMARTS) is 1. The Balaban J connectivity index is 2.25. The number of alkyl halides is 3. The van der Waals surface area contributed by atoms with E-state index in [0.29, 0.717) is 11.6 Å². The number of hydrogen-bond donors (Lipinski definition) is 2. The van der Waals surface area contributed by atoms with E-state index in [4.69, 9.17) is 9.84 Å². The highest BCUT2D eigenvalue weighted by atomic mass is 19.4. The summed E-state index contributed by atoms with van der Waals surface area (Å²) in [7, 11) is 0. The van der Waals surface area contributed by atoms with Crippen LogP contribution in [0.2, 0.25) is 0 Å². The average Bonchev–Trinajstić information content (AvgIpc) is 2.64. The van der Waals surface area contributed by atoms with Crippen LogP contribution in [-0.4, -0.2) is 21.9 Å². The van der Waals surface area contributed by atoms with Gasteiger partial charge in [-0.25, -0.2) is 4.79 Å². The molecule has 2 aromatic carbocycles. The summed E-state index contributed by atoms with van der Waals surface area (Å²) in [5.74, 6) is -1.76. The van der Waals surface area contributed by atoms with Gasteiger partial charge in [-0.15, -0.1) is 0 Å². The SMILES string of the molecule is CC(=O)NC(=Cc1cccc(OCc2ccc(C(F)(F)F)cc2[N+](=O)[O-])c1)C(=O)O. The van der Waals surface area contributed by atoms with Crippen LogP contribution in [0.25, 0.3) is 6.08 Å². The van der Waals surface area contributed by atoms with Crippen LogP contribution in [0.5, 0.6) is 5.75 Å². The second-order valence-corrected chi connectivity index (χ2v) is 6.00. The summed E-state index contributed by atoms with van der Waals surface area (Å²) in [6, 6.07) is 8.03. The highest BCUT2D eigenvalue weighted by molar-refractivity contribution is 5.96. The van der Waals surface area contributed by atoms with Crippen molar-refractivity contribution in [2.75, 3.05) is 0 Å². The second-order valence-electron chi connectivity index (χ2n) is 6.00. The number of aliphatic carboxylic acids is 1. The zero-order valence-corrected chi connectivity index (χ0v) is 15.4. The lowest BCUT2D eigenvalue weighted by Crippen LogP contribution is -2.24. The molecular formula is C19H15F3N2O6. The molecule has 0 saturated carbocycles. The van der Waals surface area contributed by atoms with Crippen LogP contribution in [0.4, 0.5) is 18.9 Å². The predicted molar refractivity (Wildman–Crippen MR) is 98.3 cm³/mol. The second kappa shape index (κ2) is 9.07. The lowest BCUT2D eigenvalue weighted by atomic mass is 10.1. The lowest BCUT2D eigenvalue weighted by molar-refractivity contribution is -0.386. The van der Waals surface area contributed by atoms with Crippen molar-refractivity contribution in [2.45, 2.75) is 19.7 Å². The lowest BCUT2D eigenvalue weighted by Gasteiger charge is -2.10. The summed E-state index contributed by atoms with van der Waals surface area (Å²) < 4.78 is 43.7. The van der Waals surface area contributed by atoms with E-state index in [1.54, 1.807) is 0 Å². The Labute approximate surface area is 167 Å². The third-order valence-electron chi connectivity index (χ3n) is 3.71. The fourth-order valence-corrected chi connectivity index (χ4v) is 2.39. The summed E-state index contributed by atoms with van der Waals surface area (Å²) in [6.07, 6.45) is -3.54. The molecule has 30 heavy (non-hydrogen) atoms. The van der Waals surface area contributed by atoms with E-state index >= 15 is 0 Å². The molecule has 0 aliphatic carbocycles. The molecule has 2 N–H and O–H groups in total. The number of hydrogen-bond acceptors (Lipinski definition) is 5. The molecule has 0 spiro atoms. The van der Waals surface area contributed by atoms with E-state index in [2.05, 4.69) is 5.32 Å². The van der Waals surface area contributed by atoms with E-state index in [1.165, 1.54) is 30.3 Å². The molecule has 2 aromatic rings. The van der Waals surface area contributed by atoms with E-state index in [-0.39, 0.29) is 23.6 Å². The number of carboxylic acids is 1. The van der Waals surface area contributed by atoms with Gasteiger partial charge in [0.15, 0.2) is 0 Å². The summed E-state index contributed by atoms with van der Waals surface area (Å²) in [6.45, 7) is 0.756. The minimum Gasteiger partial charge on any atom is -0.489 e. The maximum atomic E-state index is 12.8. The number of carbonyl (C=O) groups excluding carboxylic acids is 1. The molecule has 0 heterocycles. The first-order valence-electron chi connectivity index (χ1n) is 8.27. The summed E-state index contributed by atoms with van der Waals surface area (Å²) in [5.41, 5.74) is -1.99. The average molecular weight is 424 g/mol. The third kappa shape index (κ3) is 6.06. The number of benzene rings is 2. The molecule has 0 unspecified atom stereocenters. The van der Waals surface area contributed by atoms with Crippen LogP contribution in [0.15, 0.2) is 48.2 Å². The molecule has 0 saturated heterocycles. The van der Waals surface area contributed by atoms with Crippen molar-refractivity contribution < 1.29 is 37.5 Å². The van der Waals surface area contributed by atoms with Crippen molar-refractivity contribution in [3.05, 3.63) is 75.0 Å². The molecule has 0 aliphatic rings. The Kier molecular flexibility index (Phi) is 6.77. The normalized spacial score (nSPS) is 11.7. The molecule has 11 heteroatoms. The van der Waals surface area contributed by atoms with E-state index in [0.717, 1.165) is 19.1 Å². The van der Waals surface area contributed by atoms with E-state index in [1.807, 2.05) is 0 Å². The first-order chi connectivity index (χ1) is 14.0. The maximum absolute atomic E-state index is 12.8. The number of nitrogens with one attached hydrogen (secondary N) is 1. The van der Waals surface area contributed by atoms with Gasteiger partial charge in [-0.2, -0.15) is 13.2 Å². The Hall–Kier alpha value is -3.89. The number of halogens is 3. The zero-order valence-electron chi connectivity index (χ0n) is 15.4. The number of amides is 1. The highest BCUT2D eigenvalue weighted by Gasteiger charge is 2.33.